The van der Waals surface area contributed by atoms with Crippen LogP contribution in [0.15, 0.2) is 30.3 Å². The molecule has 2 fully saturated rings. The first-order valence-electron chi connectivity index (χ1n) is 8.24. The molecule has 0 N–H and O–H groups in total. The molecule has 0 radical (unpaired) electrons. The van der Waals surface area contributed by atoms with Crippen LogP contribution in [0.1, 0.15) is 38.2 Å². The summed E-state index contributed by atoms with van der Waals surface area (Å²) in [4.78, 5) is 26.5. The second kappa shape index (κ2) is 6.30. The second-order valence-electron chi connectivity index (χ2n) is 6.41. The number of rotatable bonds is 4. The van der Waals surface area contributed by atoms with E-state index in [9.17, 15) is 14.0 Å². The predicted octanol–water partition coefficient (Wildman–Crippen LogP) is 2.86. The van der Waals surface area contributed by atoms with Crippen LogP contribution >= 0.6 is 0 Å². The minimum absolute atomic E-state index is 0.0410. The molecule has 1 heterocycles. The number of piperidine rings is 1. The van der Waals surface area contributed by atoms with Crippen LogP contribution in [0.5, 0.6) is 0 Å². The first kappa shape index (κ1) is 16.0. The SMILES string of the molecule is CCOC(=O)[C@]12CCC[C@H]1N(Cc1ccccc1)C(=O)[C@@H](F)C2. The zero-order valence-corrected chi connectivity index (χ0v) is 13.3. The third-order valence-electron chi connectivity index (χ3n) is 5.09. The van der Waals surface area contributed by atoms with Crippen LogP contribution in [-0.2, 0) is 20.9 Å². The Labute approximate surface area is 135 Å². The standard InChI is InChI=1S/C18H22FNO3/c1-2-23-17(22)18-10-6-9-15(18)20(16(21)14(19)11-18)12-13-7-4-3-5-8-13/h3-5,7-8,14-15H,2,6,9-12H2,1H3/t14-,15+,18-/m0/s1. The average molecular weight is 319 g/mol. The molecule has 2 aliphatic rings. The summed E-state index contributed by atoms with van der Waals surface area (Å²) in [7, 11) is 0. The first-order chi connectivity index (χ1) is 11.1. The molecule has 1 saturated heterocycles. The Kier molecular flexibility index (Phi) is 4.37. The number of esters is 1. The molecule has 4 nitrogen and oxygen atoms in total. The van der Waals surface area contributed by atoms with Crippen LogP contribution < -0.4 is 0 Å². The molecule has 1 amide bonds. The summed E-state index contributed by atoms with van der Waals surface area (Å²) in [6, 6.07) is 9.25. The van der Waals surface area contributed by atoms with Gasteiger partial charge in [0.15, 0.2) is 6.17 Å². The van der Waals surface area contributed by atoms with Gasteiger partial charge in [-0.2, -0.15) is 0 Å². The van der Waals surface area contributed by atoms with Crippen molar-refractivity contribution in [3.05, 3.63) is 35.9 Å². The molecule has 5 heteroatoms. The minimum Gasteiger partial charge on any atom is -0.466 e. The van der Waals surface area contributed by atoms with Gasteiger partial charge in [-0.05, 0) is 25.3 Å². The summed E-state index contributed by atoms with van der Waals surface area (Å²) >= 11 is 0. The number of carbonyl (C=O) groups excluding carboxylic acids is 2. The van der Waals surface area contributed by atoms with Crippen molar-refractivity contribution in [1.82, 2.24) is 4.90 Å². The maximum atomic E-state index is 14.4. The van der Waals surface area contributed by atoms with Crippen LogP contribution in [0.3, 0.4) is 0 Å². The number of hydrogen-bond acceptors (Lipinski definition) is 3. The monoisotopic (exact) mass is 319 g/mol. The van der Waals surface area contributed by atoms with Crippen molar-refractivity contribution in [2.24, 2.45) is 5.41 Å². The van der Waals surface area contributed by atoms with Crippen LogP contribution in [0.25, 0.3) is 0 Å². The Bertz CT molecular complexity index is 591. The van der Waals surface area contributed by atoms with Gasteiger partial charge in [0.1, 0.15) is 0 Å². The van der Waals surface area contributed by atoms with Crippen molar-refractivity contribution < 1.29 is 18.7 Å². The number of hydrogen-bond donors (Lipinski definition) is 0. The quantitative estimate of drug-likeness (QED) is 0.802. The number of benzene rings is 1. The molecular weight excluding hydrogens is 297 g/mol. The van der Waals surface area contributed by atoms with Gasteiger partial charge in [0, 0.05) is 19.0 Å². The summed E-state index contributed by atoms with van der Waals surface area (Å²) in [5.41, 5.74) is 0.0672. The molecular formula is C18H22FNO3. The smallest absolute Gasteiger partial charge is 0.314 e. The number of fused-ring (bicyclic) bond motifs is 1. The number of alkyl halides is 1. The predicted molar refractivity (Wildman–Crippen MR) is 83.2 cm³/mol. The maximum absolute atomic E-state index is 14.4. The van der Waals surface area contributed by atoms with Gasteiger partial charge in [0.05, 0.1) is 12.0 Å². The van der Waals surface area contributed by atoms with Crippen LogP contribution in [0.4, 0.5) is 4.39 Å². The average Bonchev–Trinajstić information content (AvgIpc) is 2.98. The number of ether oxygens (including phenoxy) is 1. The second-order valence-corrected chi connectivity index (χ2v) is 6.41. The van der Waals surface area contributed by atoms with Crippen LogP contribution in [0.2, 0.25) is 0 Å². The highest BCUT2D eigenvalue weighted by molar-refractivity contribution is 5.87. The van der Waals surface area contributed by atoms with E-state index in [4.69, 9.17) is 4.74 Å². The molecule has 3 atom stereocenters. The minimum atomic E-state index is -1.63. The van der Waals surface area contributed by atoms with Crippen molar-refractivity contribution in [2.75, 3.05) is 6.61 Å². The molecule has 124 valence electrons. The van der Waals surface area contributed by atoms with Crippen LogP contribution in [-0.4, -0.2) is 35.6 Å². The van der Waals surface area contributed by atoms with E-state index >= 15 is 0 Å². The molecule has 1 aromatic rings. The Balaban J connectivity index is 1.91. The Morgan fingerprint density at radius 3 is 2.83 bits per heavy atom. The lowest BCUT2D eigenvalue weighted by molar-refractivity contribution is -0.171. The highest BCUT2D eigenvalue weighted by Crippen LogP contribution is 2.50. The van der Waals surface area contributed by atoms with E-state index in [1.165, 1.54) is 0 Å². The number of halogens is 1. The molecule has 0 bridgehead atoms. The molecule has 1 saturated carbocycles. The molecule has 23 heavy (non-hydrogen) atoms. The topological polar surface area (TPSA) is 46.6 Å². The number of carbonyl (C=O) groups is 2. The van der Waals surface area contributed by atoms with E-state index in [0.29, 0.717) is 13.0 Å². The van der Waals surface area contributed by atoms with E-state index in [-0.39, 0.29) is 25.0 Å². The fraction of sp³-hybridized carbons (Fsp3) is 0.556. The largest absolute Gasteiger partial charge is 0.466 e. The normalized spacial score (nSPS) is 30.2. The van der Waals surface area contributed by atoms with E-state index in [2.05, 4.69) is 0 Å². The molecule has 3 rings (SSSR count). The Morgan fingerprint density at radius 2 is 2.13 bits per heavy atom. The summed E-state index contributed by atoms with van der Waals surface area (Å²) in [5, 5.41) is 0. The van der Waals surface area contributed by atoms with Crippen molar-refractivity contribution in [3.63, 3.8) is 0 Å². The zero-order chi connectivity index (χ0) is 16.4. The van der Waals surface area contributed by atoms with Gasteiger partial charge in [0.25, 0.3) is 5.91 Å². The van der Waals surface area contributed by atoms with Gasteiger partial charge in [-0.1, -0.05) is 36.8 Å². The fourth-order valence-electron chi connectivity index (χ4n) is 4.05. The number of nitrogens with zero attached hydrogens (tertiary/aromatic N) is 1. The van der Waals surface area contributed by atoms with Crippen LogP contribution in [0, 0.1) is 5.41 Å². The molecule has 1 aromatic carbocycles. The first-order valence-corrected chi connectivity index (χ1v) is 8.24. The van der Waals surface area contributed by atoms with Crippen molar-refractivity contribution >= 4 is 11.9 Å². The maximum Gasteiger partial charge on any atom is 0.314 e. The van der Waals surface area contributed by atoms with Gasteiger partial charge in [-0.15, -0.1) is 0 Å². The Hall–Kier alpha value is -1.91. The summed E-state index contributed by atoms with van der Waals surface area (Å²) in [6.07, 6.45) is 0.465. The van der Waals surface area contributed by atoms with E-state index in [1.807, 2.05) is 30.3 Å². The summed E-state index contributed by atoms with van der Waals surface area (Å²) < 4.78 is 19.6. The molecule has 1 aliphatic heterocycles. The highest BCUT2D eigenvalue weighted by Gasteiger charge is 2.59. The Morgan fingerprint density at radius 1 is 1.39 bits per heavy atom. The van der Waals surface area contributed by atoms with Gasteiger partial charge in [-0.25, -0.2) is 4.39 Å². The lowest BCUT2D eigenvalue weighted by Crippen LogP contribution is -2.59. The summed E-state index contributed by atoms with van der Waals surface area (Å²) in [6.45, 7) is 2.37. The summed E-state index contributed by atoms with van der Waals surface area (Å²) in [5.74, 6) is -0.851. The van der Waals surface area contributed by atoms with Crippen molar-refractivity contribution in [2.45, 2.75) is 51.4 Å². The van der Waals surface area contributed by atoms with Gasteiger partial charge in [-0.3, -0.25) is 9.59 Å². The van der Waals surface area contributed by atoms with Crippen molar-refractivity contribution in [3.8, 4) is 0 Å². The lowest BCUT2D eigenvalue weighted by atomic mass is 9.73. The lowest BCUT2D eigenvalue weighted by Gasteiger charge is -2.45. The van der Waals surface area contributed by atoms with Gasteiger partial charge in [0.2, 0.25) is 0 Å². The van der Waals surface area contributed by atoms with Crippen molar-refractivity contribution in [1.29, 1.82) is 0 Å². The molecule has 1 aliphatic carbocycles. The van der Waals surface area contributed by atoms with E-state index in [1.54, 1.807) is 11.8 Å². The molecule has 0 aromatic heterocycles. The van der Waals surface area contributed by atoms with Gasteiger partial charge >= 0.3 is 5.97 Å². The van der Waals surface area contributed by atoms with Gasteiger partial charge < -0.3 is 9.64 Å². The fourth-order valence-corrected chi connectivity index (χ4v) is 4.05. The highest BCUT2D eigenvalue weighted by atomic mass is 19.1. The third-order valence-corrected chi connectivity index (χ3v) is 5.09. The van der Waals surface area contributed by atoms with E-state index < -0.39 is 17.5 Å². The number of amides is 1. The van der Waals surface area contributed by atoms with E-state index in [0.717, 1.165) is 18.4 Å². The third kappa shape index (κ3) is 2.73. The molecule has 0 unspecified atom stereocenters. The molecule has 0 spiro atoms. The zero-order valence-electron chi connectivity index (χ0n) is 13.3. The number of likely N-dealkylation sites (tertiary alicyclic amines) is 1.